The molecule has 0 saturated carbocycles. The quantitative estimate of drug-likeness (QED) is 0.653. The van der Waals surface area contributed by atoms with Gasteiger partial charge in [0.1, 0.15) is 0 Å². The molecule has 0 unspecified atom stereocenters. The lowest BCUT2D eigenvalue weighted by molar-refractivity contribution is -0.128. The van der Waals surface area contributed by atoms with Gasteiger partial charge in [0, 0.05) is 47.2 Å². The molecule has 0 aromatic rings. The van der Waals surface area contributed by atoms with Crippen molar-refractivity contribution < 1.29 is 13.2 Å². The SMILES string of the molecule is CC(=O)N1CCCN(S(=O)(=O)N(C)C)CC1. The molecule has 1 fully saturated rings. The molecule has 0 N–H and O–H groups in total. The van der Waals surface area contributed by atoms with E-state index in [-0.39, 0.29) is 5.91 Å². The summed E-state index contributed by atoms with van der Waals surface area (Å²) in [4.78, 5) is 12.9. The molecule has 0 radical (unpaired) electrons. The molecule has 0 atom stereocenters. The zero-order chi connectivity index (χ0) is 12.3. The number of hydrogen-bond donors (Lipinski definition) is 0. The Labute approximate surface area is 97.0 Å². The standard InChI is InChI=1S/C9H19N3O3S/c1-9(13)11-5-4-6-12(8-7-11)16(14,15)10(2)3/h4-8H2,1-3H3. The van der Waals surface area contributed by atoms with Gasteiger partial charge in [-0.25, -0.2) is 0 Å². The molecule has 6 nitrogen and oxygen atoms in total. The Morgan fingerprint density at radius 2 is 1.75 bits per heavy atom. The Morgan fingerprint density at radius 1 is 1.12 bits per heavy atom. The Bertz CT molecular complexity index is 353. The second-order valence-electron chi connectivity index (χ2n) is 4.05. The number of rotatable bonds is 2. The highest BCUT2D eigenvalue weighted by Crippen LogP contribution is 2.10. The highest BCUT2D eigenvalue weighted by Gasteiger charge is 2.27. The number of hydrogen-bond acceptors (Lipinski definition) is 3. The van der Waals surface area contributed by atoms with Crippen LogP contribution in [0.5, 0.6) is 0 Å². The number of carbonyl (C=O) groups is 1. The van der Waals surface area contributed by atoms with Crippen LogP contribution in [0, 0.1) is 0 Å². The molecule has 0 aromatic carbocycles. The average Bonchev–Trinajstić information content (AvgIpc) is 2.42. The summed E-state index contributed by atoms with van der Waals surface area (Å²) in [6.07, 6.45) is 0.687. The third kappa shape index (κ3) is 2.93. The van der Waals surface area contributed by atoms with Crippen LogP contribution in [0.2, 0.25) is 0 Å². The van der Waals surface area contributed by atoms with Crippen LogP contribution in [0.1, 0.15) is 13.3 Å². The molecule has 0 aromatic heterocycles. The van der Waals surface area contributed by atoms with Crippen LogP contribution in [0.25, 0.3) is 0 Å². The summed E-state index contributed by atoms with van der Waals surface area (Å²) in [7, 11) is -0.310. The van der Waals surface area contributed by atoms with E-state index in [1.807, 2.05) is 0 Å². The first kappa shape index (κ1) is 13.4. The summed E-state index contributed by atoms with van der Waals surface area (Å²) in [6, 6.07) is 0. The molecular weight excluding hydrogens is 230 g/mol. The highest BCUT2D eigenvalue weighted by atomic mass is 32.2. The third-order valence-electron chi connectivity index (χ3n) is 2.69. The normalized spacial score (nSPS) is 19.9. The average molecular weight is 249 g/mol. The summed E-state index contributed by atoms with van der Waals surface area (Å²) >= 11 is 0. The van der Waals surface area contributed by atoms with Crippen LogP contribution in [-0.2, 0) is 15.0 Å². The monoisotopic (exact) mass is 249 g/mol. The van der Waals surface area contributed by atoms with E-state index < -0.39 is 10.2 Å². The molecule has 0 aliphatic carbocycles. The number of carbonyl (C=O) groups excluding carboxylic acids is 1. The van der Waals surface area contributed by atoms with Gasteiger partial charge >= 0.3 is 0 Å². The van der Waals surface area contributed by atoms with Gasteiger partial charge in [-0.15, -0.1) is 0 Å². The predicted octanol–water partition coefficient (Wildman–Crippen LogP) is -0.653. The zero-order valence-corrected chi connectivity index (χ0v) is 10.8. The molecule has 1 saturated heterocycles. The van der Waals surface area contributed by atoms with Crippen molar-refractivity contribution in [2.24, 2.45) is 0 Å². The van der Waals surface area contributed by atoms with E-state index >= 15 is 0 Å². The lowest BCUT2D eigenvalue weighted by Gasteiger charge is -2.24. The van der Waals surface area contributed by atoms with Crippen LogP contribution in [0.3, 0.4) is 0 Å². The van der Waals surface area contributed by atoms with E-state index in [1.54, 1.807) is 4.90 Å². The molecule has 16 heavy (non-hydrogen) atoms. The lowest BCUT2D eigenvalue weighted by atomic mass is 10.4. The molecule has 0 spiro atoms. The largest absolute Gasteiger partial charge is 0.342 e. The van der Waals surface area contributed by atoms with Crippen LogP contribution >= 0.6 is 0 Å². The summed E-state index contributed by atoms with van der Waals surface area (Å²) in [5.41, 5.74) is 0. The van der Waals surface area contributed by atoms with Crippen molar-refractivity contribution >= 4 is 16.1 Å². The molecule has 0 bridgehead atoms. The highest BCUT2D eigenvalue weighted by molar-refractivity contribution is 7.86. The van der Waals surface area contributed by atoms with Gasteiger partial charge in [-0.1, -0.05) is 0 Å². The number of nitrogens with zero attached hydrogens (tertiary/aromatic N) is 3. The minimum atomic E-state index is -3.34. The van der Waals surface area contributed by atoms with Gasteiger partial charge in [0.25, 0.3) is 10.2 Å². The van der Waals surface area contributed by atoms with Crippen LogP contribution in [0.4, 0.5) is 0 Å². The van der Waals surface area contributed by atoms with Crippen molar-refractivity contribution in [1.29, 1.82) is 0 Å². The fourth-order valence-electron chi connectivity index (χ4n) is 1.67. The second kappa shape index (κ2) is 5.11. The Kier molecular flexibility index (Phi) is 4.28. The Balaban J connectivity index is 2.71. The fraction of sp³-hybridized carbons (Fsp3) is 0.889. The summed E-state index contributed by atoms with van der Waals surface area (Å²) in [5, 5.41) is 0. The minimum Gasteiger partial charge on any atom is -0.342 e. The minimum absolute atomic E-state index is 0.00380. The molecule has 1 aliphatic heterocycles. The molecule has 1 heterocycles. The molecule has 94 valence electrons. The van der Waals surface area contributed by atoms with Gasteiger partial charge in [0.15, 0.2) is 0 Å². The predicted molar refractivity (Wildman–Crippen MR) is 61.1 cm³/mol. The summed E-state index contributed by atoms with van der Waals surface area (Å²) in [5.74, 6) is 0.00380. The van der Waals surface area contributed by atoms with Crippen molar-refractivity contribution in [1.82, 2.24) is 13.5 Å². The molecule has 1 aliphatic rings. The lowest BCUT2D eigenvalue weighted by Crippen LogP contribution is -2.42. The smallest absolute Gasteiger partial charge is 0.281 e. The fourth-order valence-corrected chi connectivity index (χ4v) is 2.80. The van der Waals surface area contributed by atoms with Crippen LogP contribution < -0.4 is 0 Å². The van der Waals surface area contributed by atoms with Gasteiger partial charge < -0.3 is 4.90 Å². The van der Waals surface area contributed by atoms with E-state index in [0.29, 0.717) is 32.6 Å². The summed E-state index contributed by atoms with van der Waals surface area (Å²) in [6.45, 7) is 3.47. The summed E-state index contributed by atoms with van der Waals surface area (Å²) < 4.78 is 26.4. The van der Waals surface area contributed by atoms with E-state index in [2.05, 4.69) is 0 Å². The Hall–Kier alpha value is -0.660. The molecule has 1 rings (SSSR count). The zero-order valence-electron chi connectivity index (χ0n) is 10.0. The number of amides is 1. The second-order valence-corrected chi connectivity index (χ2v) is 6.19. The van der Waals surface area contributed by atoms with Gasteiger partial charge in [0.05, 0.1) is 0 Å². The van der Waals surface area contributed by atoms with Crippen molar-refractivity contribution in [2.45, 2.75) is 13.3 Å². The van der Waals surface area contributed by atoms with Gasteiger partial charge in [0.2, 0.25) is 5.91 Å². The van der Waals surface area contributed by atoms with Crippen molar-refractivity contribution in [2.75, 3.05) is 40.3 Å². The van der Waals surface area contributed by atoms with E-state index in [9.17, 15) is 13.2 Å². The van der Waals surface area contributed by atoms with E-state index in [4.69, 9.17) is 0 Å². The van der Waals surface area contributed by atoms with Crippen molar-refractivity contribution in [3.63, 3.8) is 0 Å². The maximum absolute atomic E-state index is 11.9. The molecule has 7 heteroatoms. The molecule has 1 amide bonds. The van der Waals surface area contributed by atoms with Crippen molar-refractivity contribution in [3.8, 4) is 0 Å². The topological polar surface area (TPSA) is 60.9 Å². The molecular formula is C9H19N3O3S. The van der Waals surface area contributed by atoms with Gasteiger partial charge in [-0.05, 0) is 6.42 Å². The van der Waals surface area contributed by atoms with E-state index in [0.717, 1.165) is 0 Å². The third-order valence-corrected chi connectivity index (χ3v) is 4.63. The Morgan fingerprint density at radius 3 is 2.25 bits per heavy atom. The first-order valence-electron chi connectivity index (χ1n) is 5.29. The van der Waals surface area contributed by atoms with Gasteiger partial charge in [-0.2, -0.15) is 17.0 Å². The first-order valence-corrected chi connectivity index (χ1v) is 6.68. The van der Waals surface area contributed by atoms with E-state index in [1.165, 1.54) is 29.6 Å². The van der Waals surface area contributed by atoms with Crippen LogP contribution in [0.15, 0.2) is 0 Å². The maximum atomic E-state index is 11.9. The van der Waals surface area contributed by atoms with Crippen LogP contribution in [-0.4, -0.2) is 68.1 Å². The maximum Gasteiger partial charge on any atom is 0.281 e. The first-order chi connectivity index (χ1) is 7.35. The van der Waals surface area contributed by atoms with Crippen molar-refractivity contribution in [3.05, 3.63) is 0 Å². The van der Waals surface area contributed by atoms with Gasteiger partial charge in [-0.3, -0.25) is 4.79 Å².